The third-order valence-electron chi connectivity index (χ3n) is 3.97. The van der Waals surface area contributed by atoms with Gasteiger partial charge in [0.05, 0.1) is 5.69 Å². The molecule has 0 atom stereocenters. The molecule has 1 aliphatic carbocycles. The summed E-state index contributed by atoms with van der Waals surface area (Å²) in [4.78, 5) is 19.1. The molecule has 0 amide bonds. The van der Waals surface area contributed by atoms with Crippen LogP contribution in [0.3, 0.4) is 0 Å². The minimum atomic E-state index is -0.247. The van der Waals surface area contributed by atoms with Gasteiger partial charge in [0.1, 0.15) is 11.6 Å². The van der Waals surface area contributed by atoms with Crippen LogP contribution in [0.2, 0.25) is 0 Å². The van der Waals surface area contributed by atoms with Gasteiger partial charge in [0.25, 0.3) is 5.56 Å². The summed E-state index contributed by atoms with van der Waals surface area (Å²) in [6.45, 7) is 1.71. The Balaban J connectivity index is 2.04. The summed E-state index contributed by atoms with van der Waals surface area (Å²) in [5.41, 5.74) is 2.03. The average Bonchev–Trinajstić information content (AvgIpc) is 2.95. The molecule has 1 aromatic heterocycles. The molecule has 4 heteroatoms. The quantitative estimate of drug-likeness (QED) is 0.908. The molecule has 20 heavy (non-hydrogen) atoms. The Morgan fingerprint density at radius 2 is 2.00 bits per heavy atom. The van der Waals surface area contributed by atoms with E-state index in [0.29, 0.717) is 17.3 Å². The molecule has 1 aliphatic rings. The van der Waals surface area contributed by atoms with Gasteiger partial charge in [0.2, 0.25) is 0 Å². The molecule has 3 rings (SSSR count). The third-order valence-corrected chi connectivity index (χ3v) is 3.97. The van der Waals surface area contributed by atoms with Gasteiger partial charge in [0.15, 0.2) is 0 Å². The fourth-order valence-corrected chi connectivity index (χ4v) is 2.84. The van der Waals surface area contributed by atoms with E-state index in [0.717, 1.165) is 24.1 Å². The monoisotopic (exact) mass is 272 g/mol. The second kappa shape index (κ2) is 5.19. The van der Waals surface area contributed by atoms with Gasteiger partial charge in [-0.1, -0.05) is 12.8 Å². The van der Waals surface area contributed by atoms with Crippen molar-refractivity contribution in [2.45, 2.75) is 38.5 Å². The fourth-order valence-electron chi connectivity index (χ4n) is 2.84. The second-order valence-corrected chi connectivity index (χ2v) is 5.46. The molecule has 1 aromatic carbocycles. The fraction of sp³-hybridized carbons (Fsp3) is 0.375. The van der Waals surface area contributed by atoms with Crippen LogP contribution < -0.4 is 5.56 Å². The number of hydrogen-bond donors (Lipinski definition) is 1. The van der Waals surface area contributed by atoms with E-state index >= 15 is 0 Å². The van der Waals surface area contributed by atoms with Crippen LogP contribution >= 0.6 is 0 Å². The van der Waals surface area contributed by atoms with Crippen molar-refractivity contribution in [1.82, 2.24) is 9.97 Å². The number of rotatable bonds is 2. The number of nitrogens with zero attached hydrogens (tertiary/aromatic N) is 1. The highest BCUT2D eigenvalue weighted by Gasteiger charge is 2.19. The topological polar surface area (TPSA) is 45.8 Å². The first kappa shape index (κ1) is 13.0. The van der Waals surface area contributed by atoms with E-state index in [1.54, 1.807) is 25.1 Å². The molecule has 1 N–H and O–H groups in total. The molecular weight excluding hydrogens is 255 g/mol. The number of hydrogen-bond acceptors (Lipinski definition) is 2. The molecule has 2 aromatic rings. The van der Waals surface area contributed by atoms with Crippen LogP contribution in [0.15, 0.2) is 29.1 Å². The van der Waals surface area contributed by atoms with Gasteiger partial charge >= 0.3 is 0 Å². The summed E-state index contributed by atoms with van der Waals surface area (Å²) < 4.78 is 13.3. The Kier molecular flexibility index (Phi) is 3.38. The summed E-state index contributed by atoms with van der Waals surface area (Å²) in [7, 11) is 0. The number of H-pyrrole nitrogens is 1. The highest BCUT2D eigenvalue weighted by Crippen LogP contribution is 2.33. The van der Waals surface area contributed by atoms with Crippen molar-refractivity contribution >= 4 is 0 Å². The summed E-state index contributed by atoms with van der Waals surface area (Å²) in [6, 6.07) is 6.37. The minimum Gasteiger partial charge on any atom is -0.307 e. The van der Waals surface area contributed by atoms with Crippen LogP contribution in [-0.2, 0) is 0 Å². The molecule has 3 nitrogen and oxygen atoms in total. The Morgan fingerprint density at radius 3 is 2.70 bits per heavy atom. The van der Waals surface area contributed by atoms with Crippen molar-refractivity contribution in [2.75, 3.05) is 0 Å². The lowest BCUT2D eigenvalue weighted by Gasteiger charge is -2.10. The van der Waals surface area contributed by atoms with Gasteiger partial charge in [-0.15, -0.1) is 0 Å². The standard InChI is InChI=1S/C16H17FN2O/c1-10-8-12(6-7-13(10)17)16-18-14(9-15(20)19-16)11-4-2-3-5-11/h6-9,11H,2-5H2,1H3,(H,18,19,20). The Hall–Kier alpha value is -1.97. The van der Waals surface area contributed by atoms with Crippen LogP contribution in [0.5, 0.6) is 0 Å². The molecule has 0 radical (unpaired) electrons. The molecule has 104 valence electrons. The van der Waals surface area contributed by atoms with E-state index in [4.69, 9.17) is 0 Å². The van der Waals surface area contributed by atoms with E-state index in [1.807, 2.05) is 0 Å². The molecule has 0 aliphatic heterocycles. The predicted molar refractivity (Wildman–Crippen MR) is 76.2 cm³/mol. The third kappa shape index (κ3) is 2.50. The van der Waals surface area contributed by atoms with Crippen LogP contribution in [0, 0.1) is 12.7 Å². The number of benzene rings is 1. The van der Waals surface area contributed by atoms with E-state index in [1.165, 1.54) is 18.9 Å². The lowest BCUT2D eigenvalue weighted by molar-refractivity contribution is 0.618. The van der Waals surface area contributed by atoms with Crippen LogP contribution in [0.4, 0.5) is 4.39 Å². The minimum absolute atomic E-state index is 0.140. The lowest BCUT2D eigenvalue weighted by Crippen LogP contribution is -2.12. The number of nitrogens with one attached hydrogen (secondary N) is 1. The van der Waals surface area contributed by atoms with Crippen molar-refractivity contribution in [3.8, 4) is 11.4 Å². The van der Waals surface area contributed by atoms with Gasteiger partial charge < -0.3 is 4.98 Å². The van der Waals surface area contributed by atoms with Crippen molar-refractivity contribution in [3.05, 3.63) is 51.7 Å². The summed E-state index contributed by atoms with van der Waals surface area (Å²) in [6.07, 6.45) is 4.59. The first-order valence-electron chi connectivity index (χ1n) is 7.01. The maximum Gasteiger partial charge on any atom is 0.251 e. The largest absolute Gasteiger partial charge is 0.307 e. The van der Waals surface area contributed by atoms with Gasteiger partial charge in [-0.3, -0.25) is 4.79 Å². The van der Waals surface area contributed by atoms with Crippen LogP contribution in [0.1, 0.15) is 42.9 Å². The van der Waals surface area contributed by atoms with E-state index < -0.39 is 0 Å². The highest BCUT2D eigenvalue weighted by atomic mass is 19.1. The molecule has 1 saturated carbocycles. The second-order valence-electron chi connectivity index (χ2n) is 5.46. The molecule has 0 unspecified atom stereocenters. The van der Waals surface area contributed by atoms with Crippen molar-refractivity contribution in [1.29, 1.82) is 0 Å². The SMILES string of the molecule is Cc1cc(-c2nc(C3CCCC3)cc(=O)[nH]2)ccc1F. The zero-order valence-corrected chi connectivity index (χ0v) is 11.4. The first-order chi connectivity index (χ1) is 9.63. The highest BCUT2D eigenvalue weighted by molar-refractivity contribution is 5.56. The normalized spacial score (nSPS) is 15.7. The number of aromatic amines is 1. The number of aryl methyl sites for hydroxylation is 1. The molecule has 0 saturated heterocycles. The molecule has 1 heterocycles. The average molecular weight is 272 g/mol. The maximum atomic E-state index is 13.3. The zero-order valence-electron chi connectivity index (χ0n) is 11.4. The molecule has 1 fully saturated rings. The summed E-state index contributed by atoms with van der Waals surface area (Å²) in [5.74, 6) is 0.670. The smallest absolute Gasteiger partial charge is 0.251 e. The summed E-state index contributed by atoms with van der Waals surface area (Å²) >= 11 is 0. The van der Waals surface area contributed by atoms with Crippen LogP contribution in [0.25, 0.3) is 11.4 Å². The van der Waals surface area contributed by atoms with Crippen molar-refractivity contribution in [3.63, 3.8) is 0 Å². The van der Waals surface area contributed by atoms with E-state index in [2.05, 4.69) is 9.97 Å². The van der Waals surface area contributed by atoms with E-state index in [-0.39, 0.29) is 11.4 Å². The molecular formula is C16H17FN2O. The van der Waals surface area contributed by atoms with Gasteiger partial charge in [-0.05, 0) is 43.5 Å². The maximum absolute atomic E-state index is 13.3. The number of halogens is 1. The van der Waals surface area contributed by atoms with Gasteiger partial charge in [0, 0.05) is 17.5 Å². The molecule has 0 bridgehead atoms. The Bertz CT molecular complexity index is 687. The van der Waals surface area contributed by atoms with Crippen molar-refractivity contribution < 1.29 is 4.39 Å². The Labute approximate surface area is 116 Å². The van der Waals surface area contributed by atoms with Crippen molar-refractivity contribution in [2.24, 2.45) is 0 Å². The summed E-state index contributed by atoms with van der Waals surface area (Å²) in [5, 5.41) is 0. The molecule has 0 spiro atoms. The van der Waals surface area contributed by atoms with Gasteiger partial charge in [-0.2, -0.15) is 0 Å². The predicted octanol–water partition coefficient (Wildman–Crippen LogP) is 3.54. The zero-order chi connectivity index (χ0) is 14.1. The van der Waals surface area contributed by atoms with Gasteiger partial charge in [-0.25, -0.2) is 9.37 Å². The first-order valence-corrected chi connectivity index (χ1v) is 7.01. The van der Waals surface area contributed by atoms with Crippen LogP contribution in [-0.4, -0.2) is 9.97 Å². The lowest BCUT2D eigenvalue weighted by atomic mass is 10.0. The number of aromatic nitrogens is 2. The Morgan fingerprint density at radius 1 is 1.25 bits per heavy atom. The van der Waals surface area contributed by atoms with E-state index in [9.17, 15) is 9.18 Å².